The number of methoxy groups -OCH3 is 2. The molecule has 32 heavy (non-hydrogen) atoms. The van der Waals surface area contributed by atoms with E-state index in [0.717, 1.165) is 5.69 Å². The zero-order valence-electron chi connectivity index (χ0n) is 18.4. The lowest BCUT2D eigenvalue weighted by Crippen LogP contribution is -2.09. The highest BCUT2D eigenvalue weighted by atomic mass is 16.5. The van der Waals surface area contributed by atoms with Gasteiger partial charge < -0.3 is 29.7 Å². The molecule has 0 saturated heterocycles. The number of carbonyl (C=O) groups excluding carboxylic acids is 1. The Kier molecular flexibility index (Phi) is 7.12. The summed E-state index contributed by atoms with van der Waals surface area (Å²) in [7, 11) is 7.01. The number of carbonyl (C=O) groups is 1. The first-order valence-electron chi connectivity index (χ1n) is 9.68. The molecule has 0 bridgehead atoms. The van der Waals surface area contributed by atoms with E-state index in [1.165, 1.54) is 19.4 Å². The molecule has 0 aliphatic rings. The molecule has 3 aromatic rings. The van der Waals surface area contributed by atoms with Crippen molar-refractivity contribution in [1.82, 2.24) is 9.97 Å². The first kappa shape index (κ1) is 22.4. The molecule has 166 valence electrons. The third kappa shape index (κ3) is 5.45. The van der Waals surface area contributed by atoms with Gasteiger partial charge in [-0.3, -0.25) is 4.79 Å². The number of anilines is 4. The van der Waals surface area contributed by atoms with Crippen molar-refractivity contribution in [3.05, 3.63) is 61.3 Å². The van der Waals surface area contributed by atoms with Gasteiger partial charge in [-0.15, -0.1) is 0 Å². The van der Waals surface area contributed by atoms with Gasteiger partial charge in [-0.05, 0) is 30.3 Å². The van der Waals surface area contributed by atoms with Gasteiger partial charge in [0.1, 0.15) is 11.5 Å². The van der Waals surface area contributed by atoms with Crippen LogP contribution in [0.15, 0.2) is 61.3 Å². The summed E-state index contributed by atoms with van der Waals surface area (Å²) in [6.45, 7) is 3.44. The smallest absolute Gasteiger partial charge is 0.267 e. The third-order valence-electron chi connectivity index (χ3n) is 4.39. The Morgan fingerprint density at radius 3 is 2.56 bits per heavy atom. The molecule has 1 amide bonds. The number of aromatic nitrogens is 2. The zero-order valence-corrected chi connectivity index (χ0v) is 18.4. The average Bonchev–Trinajstić information content (AvgIpc) is 2.79. The molecule has 0 aliphatic carbocycles. The van der Waals surface area contributed by atoms with Crippen molar-refractivity contribution >= 4 is 28.9 Å². The zero-order chi connectivity index (χ0) is 23.1. The molecule has 0 fully saturated rings. The monoisotopic (exact) mass is 435 g/mol. The van der Waals surface area contributed by atoms with E-state index in [1.807, 2.05) is 37.2 Å². The highest BCUT2D eigenvalue weighted by molar-refractivity contribution is 5.98. The van der Waals surface area contributed by atoms with Crippen LogP contribution in [0.1, 0.15) is 0 Å². The van der Waals surface area contributed by atoms with Crippen molar-refractivity contribution in [2.75, 3.05) is 43.8 Å². The van der Waals surface area contributed by atoms with E-state index in [9.17, 15) is 4.79 Å². The van der Waals surface area contributed by atoms with Crippen LogP contribution in [0.5, 0.6) is 23.1 Å². The van der Waals surface area contributed by atoms with Gasteiger partial charge >= 0.3 is 0 Å². The Balaban J connectivity index is 1.86. The molecule has 0 saturated carbocycles. The summed E-state index contributed by atoms with van der Waals surface area (Å²) in [6, 6.07) is 12.6. The molecule has 0 aliphatic heterocycles. The lowest BCUT2D eigenvalue weighted by atomic mass is 10.2. The molecule has 2 aromatic carbocycles. The van der Waals surface area contributed by atoms with E-state index in [0.29, 0.717) is 34.6 Å². The lowest BCUT2D eigenvalue weighted by molar-refractivity contribution is -0.111. The fraction of sp³-hybridized carbons (Fsp3) is 0.174. The molecule has 0 unspecified atom stereocenters. The Hall–Kier alpha value is -4.27. The average molecular weight is 435 g/mol. The second kappa shape index (κ2) is 10.2. The van der Waals surface area contributed by atoms with E-state index in [-0.39, 0.29) is 11.8 Å². The summed E-state index contributed by atoms with van der Waals surface area (Å²) in [6.07, 6.45) is 2.70. The maximum Gasteiger partial charge on any atom is 0.267 e. The highest BCUT2D eigenvalue weighted by Crippen LogP contribution is 2.34. The van der Waals surface area contributed by atoms with Gasteiger partial charge in [0.05, 0.1) is 26.1 Å². The van der Waals surface area contributed by atoms with Crippen molar-refractivity contribution in [3.63, 3.8) is 0 Å². The molecule has 2 N–H and O–H groups in total. The van der Waals surface area contributed by atoms with Crippen LogP contribution in [-0.4, -0.2) is 44.2 Å². The summed E-state index contributed by atoms with van der Waals surface area (Å²) in [5.41, 5.74) is 2.25. The lowest BCUT2D eigenvalue weighted by Gasteiger charge is -2.17. The predicted molar refractivity (Wildman–Crippen MR) is 125 cm³/mol. The molecule has 0 spiro atoms. The number of ether oxygens (including phenoxy) is 3. The van der Waals surface area contributed by atoms with Crippen LogP contribution in [0.25, 0.3) is 0 Å². The topological polar surface area (TPSA) is 97.8 Å². The Morgan fingerprint density at radius 2 is 1.88 bits per heavy atom. The fourth-order valence-electron chi connectivity index (χ4n) is 2.75. The van der Waals surface area contributed by atoms with Crippen molar-refractivity contribution in [2.45, 2.75) is 0 Å². The van der Waals surface area contributed by atoms with Crippen LogP contribution in [0.4, 0.5) is 23.0 Å². The molecular formula is C23H25N5O4. The van der Waals surface area contributed by atoms with Crippen LogP contribution in [-0.2, 0) is 4.79 Å². The van der Waals surface area contributed by atoms with Gasteiger partial charge in [0.2, 0.25) is 11.9 Å². The van der Waals surface area contributed by atoms with E-state index in [4.69, 9.17) is 14.2 Å². The number of amides is 1. The maximum atomic E-state index is 11.5. The van der Waals surface area contributed by atoms with Crippen LogP contribution in [0.3, 0.4) is 0 Å². The Morgan fingerprint density at radius 1 is 1.09 bits per heavy atom. The molecule has 1 heterocycles. The summed E-state index contributed by atoms with van der Waals surface area (Å²) < 4.78 is 16.7. The van der Waals surface area contributed by atoms with Gasteiger partial charge in [-0.25, -0.2) is 4.98 Å². The largest absolute Gasteiger partial charge is 0.494 e. The van der Waals surface area contributed by atoms with Gasteiger partial charge in [0.25, 0.3) is 5.88 Å². The van der Waals surface area contributed by atoms with Crippen molar-refractivity contribution in [1.29, 1.82) is 0 Å². The summed E-state index contributed by atoms with van der Waals surface area (Å²) in [4.78, 5) is 22.2. The minimum atomic E-state index is -0.317. The number of rotatable bonds is 9. The van der Waals surface area contributed by atoms with Gasteiger partial charge in [-0.1, -0.05) is 12.6 Å². The van der Waals surface area contributed by atoms with Crippen LogP contribution >= 0.6 is 0 Å². The molecule has 0 radical (unpaired) electrons. The Labute approximate surface area is 186 Å². The quantitative estimate of drug-likeness (QED) is 0.482. The molecular weight excluding hydrogens is 410 g/mol. The second-order valence-electron chi connectivity index (χ2n) is 6.79. The highest BCUT2D eigenvalue weighted by Gasteiger charge is 2.13. The van der Waals surface area contributed by atoms with Crippen molar-refractivity contribution in [3.8, 4) is 23.1 Å². The van der Waals surface area contributed by atoms with E-state index >= 15 is 0 Å². The summed E-state index contributed by atoms with van der Waals surface area (Å²) >= 11 is 0. The minimum absolute atomic E-state index is 0.209. The van der Waals surface area contributed by atoms with E-state index in [2.05, 4.69) is 27.2 Å². The van der Waals surface area contributed by atoms with Gasteiger partial charge in [0, 0.05) is 37.6 Å². The van der Waals surface area contributed by atoms with Crippen LogP contribution in [0.2, 0.25) is 0 Å². The molecule has 3 rings (SSSR count). The normalized spacial score (nSPS) is 10.1. The van der Waals surface area contributed by atoms with Crippen molar-refractivity contribution < 1.29 is 19.0 Å². The number of nitrogens with zero attached hydrogens (tertiary/aromatic N) is 3. The van der Waals surface area contributed by atoms with E-state index < -0.39 is 0 Å². The van der Waals surface area contributed by atoms with E-state index in [1.54, 1.807) is 31.4 Å². The first-order chi connectivity index (χ1) is 15.4. The fourth-order valence-corrected chi connectivity index (χ4v) is 2.75. The number of benzene rings is 2. The minimum Gasteiger partial charge on any atom is -0.494 e. The Bertz CT molecular complexity index is 1120. The number of hydrogen-bond donors (Lipinski definition) is 2. The molecule has 0 atom stereocenters. The third-order valence-corrected chi connectivity index (χ3v) is 4.39. The first-order valence-corrected chi connectivity index (χ1v) is 9.68. The van der Waals surface area contributed by atoms with Gasteiger partial charge in [0.15, 0.2) is 5.75 Å². The summed E-state index contributed by atoms with van der Waals surface area (Å²) in [5, 5.41) is 5.83. The summed E-state index contributed by atoms with van der Waals surface area (Å²) in [5.74, 6) is 1.65. The molecule has 9 heteroatoms. The maximum absolute atomic E-state index is 11.5. The number of hydrogen-bond acceptors (Lipinski definition) is 8. The number of nitrogens with one attached hydrogen (secondary N) is 2. The molecule has 1 aromatic heterocycles. The molecule has 9 nitrogen and oxygen atoms in total. The SMILES string of the molecule is C=CC(=O)Nc1cccc(Oc2nc(Nc3ccc(N(C)C)cc3OC)ncc2OC)c1. The van der Waals surface area contributed by atoms with Gasteiger partial charge in [-0.2, -0.15) is 4.98 Å². The standard InChI is InChI=1S/C23H25N5O4/c1-6-21(29)25-15-8-7-9-17(12-15)32-22-20(31-5)14-24-23(27-22)26-18-11-10-16(28(2)3)13-19(18)30-4/h6-14H,1H2,2-5H3,(H,25,29)(H,24,26,27). The van der Waals surface area contributed by atoms with Crippen molar-refractivity contribution in [2.24, 2.45) is 0 Å². The predicted octanol–water partition coefficient (Wildman–Crippen LogP) is 4.22. The van der Waals surface area contributed by atoms with Crippen LogP contribution < -0.4 is 29.7 Å². The van der Waals surface area contributed by atoms with Crippen LogP contribution in [0, 0.1) is 0 Å². The second-order valence-corrected chi connectivity index (χ2v) is 6.79.